The van der Waals surface area contributed by atoms with Gasteiger partial charge in [0.15, 0.2) is 0 Å². The number of hydroxylamine groups is 1. The Morgan fingerprint density at radius 3 is 2.62 bits per heavy atom. The van der Waals surface area contributed by atoms with E-state index in [0.29, 0.717) is 12.3 Å². The Bertz CT molecular complexity index is 736. The summed E-state index contributed by atoms with van der Waals surface area (Å²) in [5, 5.41) is 11.0. The van der Waals surface area contributed by atoms with Gasteiger partial charge in [-0.15, -0.1) is 0 Å². The van der Waals surface area contributed by atoms with Crippen molar-refractivity contribution in [2.24, 2.45) is 0 Å². The van der Waals surface area contributed by atoms with Crippen LogP contribution in [0.4, 0.5) is 5.69 Å². The van der Waals surface area contributed by atoms with Crippen molar-refractivity contribution < 1.29 is 14.7 Å². The summed E-state index contributed by atoms with van der Waals surface area (Å²) < 4.78 is 11.9. The van der Waals surface area contributed by atoms with Gasteiger partial charge in [0.1, 0.15) is 12.4 Å². The van der Waals surface area contributed by atoms with Crippen molar-refractivity contribution in [2.45, 2.75) is 26.9 Å². The second-order valence-corrected chi connectivity index (χ2v) is 6.89. The number of ether oxygens (including phenoxy) is 2. The van der Waals surface area contributed by atoms with Gasteiger partial charge in [0, 0.05) is 9.13 Å². The topological polar surface area (TPSA) is 41.9 Å². The number of rotatable bonds is 5. The Morgan fingerprint density at radius 1 is 1.25 bits per heavy atom. The van der Waals surface area contributed by atoms with Crippen LogP contribution in [0.5, 0.6) is 5.75 Å². The molecule has 128 valence electrons. The molecule has 0 spiro atoms. The van der Waals surface area contributed by atoms with Crippen molar-refractivity contribution in [2.75, 3.05) is 12.2 Å². The average molecular weight is 457 g/mol. The van der Waals surface area contributed by atoms with Crippen LogP contribution in [0.2, 0.25) is 0 Å². The van der Waals surface area contributed by atoms with E-state index in [1.165, 1.54) is 12.7 Å². The molecule has 0 amide bonds. The molecule has 6 heteroatoms. The van der Waals surface area contributed by atoms with Gasteiger partial charge in [0.2, 0.25) is 0 Å². The number of aryl methyl sites for hydroxylation is 2. The van der Waals surface area contributed by atoms with Crippen LogP contribution >= 0.6 is 34.8 Å². The second kappa shape index (κ2) is 8.64. The molecule has 0 aliphatic heterocycles. The molecule has 0 aliphatic rings. The van der Waals surface area contributed by atoms with E-state index < -0.39 is 0 Å². The maximum Gasteiger partial charge on any atom is 0.288 e. The summed E-state index contributed by atoms with van der Waals surface area (Å²) in [5.41, 5.74) is 3.74. The molecule has 2 rings (SSSR count). The van der Waals surface area contributed by atoms with E-state index >= 15 is 0 Å². The van der Waals surface area contributed by atoms with Crippen molar-refractivity contribution in [1.82, 2.24) is 0 Å². The monoisotopic (exact) mass is 457 g/mol. The molecule has 2 aromatic rings. The van der Waals surface area contributed by atoms with Gasteiger partial charge in [-0.05, 0) is 83.5 Å². The molecule has 24 heavy (non-hydrogen) atoms. The van der Waals surface area contributed by atoms with Gasteiger partial charge >= 0.3 is 0 Å². The number of thiocarbonyl (C=S) groups is 1. The Labute approximate surface area is 161 Å². The van der Waals surface area contributed by atoms with E-state index in [1.807, 2.05) is 25.1 Å². The molecular formula is C18H20INO3S. The zero-order valence-corrected chi connectivity index (χ0v) is 16.8. The highest BCUT2D eigenvalue weighted by atomic mass is 127. The van der Waals surface area contributed by atoms with E-state index in [9.17, 15) is 5.21 Å². The van der Waals surface area contributed by atoms with Gasteiger partial charge in [-0.3, -0.25) is 5.21 Å². The van der Waals surface area contributed by atoms with Crippen LogP contribution in [0.25, 0.3) is 0 Å². The first-order valence-electron chi connectivity index (χ1n) is 7.54. The lowest BCUT2D eigenvalue weighted by Crippen LogP contribution is -2.27. The molecule has 1 N–H and O–H groups in total. The Morgan fingerprint density at radius 2 is 2.00 bits per heavy atom. The van der Waals surface area contributed by atoms with Gasteiger partial charge in [0.25, 0.3) is 5.17 Å². The summed E-state index contributed by atoms with van der Waals surface area (Å²) in [5.74, 6) is 0.829. The molecule has 0 heterocycles. The van der Waals surface area contributed by atoms with Gasteiger partial charge < -0.3 is 9.47 Å². The lowest BCUT2D eigenvalue weighted by Gasteiger charge is -2.20. The smallest absolute Gasteiger partial charge is 0.288 e. The van der Waals surface area contributed by atoms with Crippen LogP contribution in [0.1, 0.15) is 23.6 Å². The fourth-order valence-corrected chi connectivity index (χ4v) is 2.96. The number of benzene rings is 2. The molecule has 0 saturated carbocycles. The highest BCUT2D eigenvalue weighted by Gasteiger charge is 2.15. The molecule has 4 nitrogen and oxygen atoms in total. The van der Waals surface area contributed by atoms with Crippen LogP contribution in [0, 0.1) is 10.5 Å². The van der Waals surface area contributed by atoms with Crippen molar-refractivity contribution in [3.63, 3.8) is 0 Å². The third-order valence-electron chi connectivity index (χ3n) is 3.65. The first-order valence-corrected chi connectivity index (χ1v) is 9.02. The first kappa shape index (κ1) is 19.0. The normalized spacial score (nSPS) is 10.4. The first-order chi connectivity index (χ1) is 11.5. The number of hydrogen-bond donors (Lipinski definition) is 1. The Kier molecular flexibility index (Phi) is 6.82. The van der Waals surface area contributed by atoms with Crippen molar-refractivity contribution in [1.29, 1.82) is 0 Å². The van der Waals surface area contributed by atoms with Gasteiger partial charge in [-0.1, -0.05) is 19.1 Å². The summed E-state index contributed by atoms with van der Waals surface area (Å²) in [6.45, 7) is 4.48. The Balaban J connectivity index is 2.23. The summed E-state index contributed by atoms with van der Waals surface area (Å²) >= 11 is 7.21. The molecule has 0 unspecified atom stereocenters. The van der Waals surface area contributed by atoms with E-state index in [-0.39, 0.29) is 5.17 Å². The number of methoxy groups -OCH3 is 1. The maximum atomic E-state index is 10.2. The van der Waals surface area contributed by atoms with E-state index in [0.717, 1.165) is 31.9 Å². The summed E-state index contributed by atoms with van der Waals surface area (Å²) in [6.07, 6.45) is 0.996. The van der Waals surface area contributed by atoms with Crippen LogP contribution in [0.15, 0.2) is 36.4 Å². The molecule has 2 aromatic carbocycles. The van der Waals surface area contributed by atoms with E-state index in [4.69, 9.17) is 21.7 Å². The standard InChI is InChI=1S/C18H20INO3S/c1-4-13-5-8-17(12(2)9-13)23-11-14-10-15(19)6-7-16(14)20(21)18(24)22-3/h5-10,21H,4,11H2,1-3H3. The average Bonchev–Trinajstić information content (AvgIpc) is 2.59. The largest absolute Gasteiger partial charge is 0.489 e. The third-order valence-corrected chi connectivity index (χ3v) is 4.66. The van der Waals surface area contributed by atoms with Crippen molar-refractivity contribution in [3.8, 4) is 5.75 Å². The minimum atomic E-state index is -0.0130. The van der Waals surface area contributed by atoms with Crippen LogP contribution in [-0.4, -0.2) is 17.5 Å². The highest BCUT2D eigenvalue weighted by Crippen LogP contribution is 2.26. The number of anilines is 1. The molecular weight excluding hydrogens is 437 g/mol. The number of nitrogens with zero attached hydrogens (tertiary/aromatic N) is 1. The molecule has 0 aliphatic carbocycles. The summed E-state index contributed by atoms with van der Waals surface area (Å²) in [7, 11) is 1.42. The lowest BCUT2D eigenvalue weighted by atomic mass is 10.1. The van der Waals surface area contributed by atoms with Gasteiger partial charge in [-0.25, -0.2) is 0 Å². The zero-order valence-electron chi connectivity index (χ0n) is 13.9. The zero-order chi connectivity index (χ0) is 17.7. The van der Waals surface area contributed by atoms with E-state index in [1.54, 1.807) is 6.07 Å². The molecule has 0 fully saturated rings. The minimum absolute atomic E-state index is 0.0130. The fourth-order valence-electron chi connectivity index (χ4n) is 2.31. The predicted molar refractivity (Wildman–Crippen MR) is 108 cm³/mol. The van der Waals surface area contributed by atoms with Crippen LogP contribution < -0.4 is 9.80 Å². The SMILES string of the molecule is CCc1ccc(OCc2cc(I)ccc2N(O)C(=S)OC)c(C)c1. The fraction of sp³-hybridized carbons (Fsp3) is 0.278. The molecule has 0 bridgehead atoms. The molecule has 0 saturated heterocycles. The number of hydrogen-bond acceptors (Lipinski definition) is 4. The maximum absolute atomic E-state index is 10.2. The molecule has 0 radical (unpaired) electrons. The summed E-state index contributed by atoms with van der Waals surface area (Å²) in [6, 6.07) is 11.8. The lowest BCUT2D eigenvalue weighted by molar-refractivity contribution is 0.264. The second-order valence-electron chi connectivity index (χ2n) is 5.30. The van der Waals surface area contributed by atoms with Crippen molar-refractivity contribution >= 4 is 45.7 Å². The highest BCUT2D eigenvalue weighted by molar-refractivity contribution is 14.1. The van der Waals surface area contributed by atoms with Crippen LogP contribution in [0.3, 0.4) is 0 Å². The van der Waals surface area contributed by atoms with Crippen molar-refractivity contribution in [3.05, 3.63) is 56.7 Å². The van der Waals surface area contributed by atoms with Gasteiger partial charge in [0.05, 0.1) is 12.8 Å². The molecule has 0 atom stereocenters. The Hall–Kier alpha value is -1.38. The van der Waals surface area contributed by atoms with Crippen LogP contribution in [-0.2, 0) is 17.8 Å². The minimum Gasteiger partial charge on any atom is -0.489 e. The predicted octanol–water partition coefficient (Wildman–Crippen LogP) is 4.87. The summed E-state index contributed by atoms with van der Waals surface area (Å²) in [4.78, 5) is 0. The third kappa shape index (κ3) is 4.58. The van der Waals surface area contributed by atoms with E-state index in [2.05, 4.69) is 41.6 Å². The molecule has 0 aromatic heterocycles. The quantitative estimate of drug-likeness (QED) is 0.394. The number of halogens is 1. The van der Waals surface area contributed by atoms with Gasteiger partial charge in [-0.2, -0.15) is 5.06 Å².